The molecular formula is C11H28O4S. The van der Waals surface area contributed by atoms with E-state index in [-0.39, 0.29) is 27.6 Å². The Morgan fingerprint density at radius 2 is 1.62 bits per heavy atom. The molecule has 0 N–H and O–H groups in total. The van der Waals surface area contributed by atoms with Crippen molar-refractivity contribution in [3.05, 3.63) is 0 Å². The van der Waals surface area contributed by atoms with Crippen molar-refractivity contribution in [2.75, 3.05) is 19.5 Å². The summed E-state index contributed by atoms with van der Waals surface area (Å²) >= 11 is 0. The van der Waals surface area contributed by atoms with Crippen LogP contribution in [0, 0.1) is 0 Å². The second-order valence-electron chi connectivity index (χ2n) is 3.32. The molecule has 16 heavy (non-hydrogen) atoms. The SMILES string of the molecule is C.C.CCC(C)OCCCCOS(C)(=O)=O. The van der Waals surface area contributed by atoms with Gasteiger partial charge in [0.25, 0.3) is 10.1 Å². The van der Waals surface area contributed by atoms with Gasteiger partial charge in [-0.25, -0.2) is 0 Å². The zero-order valence-corrected chi connectivity index (χ0v) is 9.97. The summed E-state index contributed by atoms with van der Waals surface area (Å²) in [5, 5.41) is 0. The van der Waals surface area contributed by atoms with Gasteiger partial charge in [0.2, 0.25) is 0 Å². The van der Waals surface area contributed by atoms with Crippen LogP contribution in [-0.2, 0) is 19.0 Å². The van der Waals surface area contributed by atoms with E-state index >= 15 is 0 Å². The summed E-state index contributed by atoms with van der Waals surface area (Å²) in [6, 6.07) is 0. The van der Waals surface area contributed by atoms with E-state index < -0.39 is 10.1 Å². The second-order valence-corrected chi connectivity index (χ2v) is 4.97. The predicted octanol–water partition coefficient (Wildman–Crippen LogP) is 2.83. The Morgan fingerprint density at radius 3 is 2.06 bits per heavy atom. The maximum absolute atomic E-state index is 10.6. The smallest absolute Gasteiger partial charge is 0.264 e. The third kappa shape index (κ3) is 16.3. The highest BCUT2D eigenvalue weighted by Gasteiger charge is 2.01. The van der Waals surface area contributed by atoms with Crippen molar-refractivity contribution in [1.29, 1.82) is 0 Å². The summed E-state index contributed by atoms with van der Waals surface area (Å²) < 4.78 is 31.1. The maximum atomic E-state index is 10.6. The molecule has 0 saturated carbocycles. The maximum Gasteiger partial charge on any atom is 0.264 e. The van der Waals surface area contributed by atoms with E-state index in [0.717, 1.165) is 19.1 Å². The first-order chi connectivity index (χ1) is 6.45. The molecule has 0 aromatic carbocycles. The average Bonchev–Trinajstić information content (AvgIpc) is 2.08. The molecule has 0 heterocycles. The lowest BCUT2D eigenvalue weighted by atomic mass is 10.3. The van der Waals surface area contributed by atoms with Crippen LogP contribution in [0.1, 0.15) is 48.0 Å². The molecule has 5 heteroatoms. The van der Waals surface area contributed by atoms with Gasteiger partial charge < -0.3 is 4.74 Å². The zero-order chi connectivity index (χ0) is 11.0. The molecule has 1 atom stereocenters. The van der Waals surface area contributed by atoms with E-state index in [9.17, 15) is 8.42 Å². The highest BCUT2D eigenvalue weighted by atomic mass is 32.2. The van der Waals surface area contributed by atoms with E-state index in [1.807, 2.05) is 6.92 Å². The number of hydrogen-bond acceptors (Lipinski definition) is 4. The zero-order valence-electron chi connectivity index (χ0n) is 9.15. The Balaban J connectivity index is -0.000000845. The molecule has 0 aromatic rings. The van der Waals surface area contributed by atoms with Crippen molar-refractivity contribution < 1.29 is 17.3 Å². The third-order valence-electron chi connectivity index (χ3n) is 1.81. The summed E-state index contributed by atoms with van der Waals surface area (Å²) in [5.41, 5.74) is 0. The Labute approximate surface area is 101 Å². The fraction of sp³-hybridized carbons (Fsp3) is 1.00. The van der Waals surface area contributed by atoms with Crippen LogP contribution in [0.3, 0.4) is 0 Å². The summed E-state index contributed by atoms with van der Waals surface area (Å²) in [6.45, 7) is 5.01. The normalized spacial score (nSPS) is 12.4. The number of hydrogen-bond donors (Lipinski definition) is 0. The van der Waals surface area contributed by atoms with Gasteiger partial charge in [0, 0.05) is 6.61 Å². The standard InChI is InChI=1S/C9H20O4S.2CH4/c1-4-9(2)12-7-5-6-8-13-14(3,10)11;;/h9H,4-8H2,1-3H3;2*1H4. The fourth-order valence-corrected chi connectivity index (χ4v) is 1.24. The van der Waals surface area contributed by atoms with E-state index in [0.29, 0.717) is 13.0 Å². The van der Waals surface area contributed by atoms with E-state index in [4.69, 9.17) is 4.74 Å². The fourth-order valence-electron chi connectivity index (χ4n) is 0.817. The van der Waals surface area contributed by atoms with Gasteiger partial charge in [0.1, 0.15) is 0 Å². The Kier molecular flexibility index (Phi) is 15.0. The molecular weight excluding hydrogens is 228 g/mol. The minimum Gasteiger partial charge on any atom is -0.379 e. The molecule has 0 spiro atoms. The highest BCUT2D eigenvalue weighted by molar-refractivity contribution is 7.85. The minimum atomic E-state index is -3.27. The van der Waals surface area contributed by atoms with Gasteiger partial charge in [0.05, 0.1) is 19.0 Å². The van der Waals surface area contributed by atoms with Gasteiger partial charge >= 0.3 is 0 Å². The quantitative estimate of drug-likeness (QED) is 0.495. The molecule has 4 nitrogen and oxygen atoms in total. The summed E-state index contributed by atoms with van der Waals surface area (Å²) in [7, 11) is -3.27. The topological polar surface area (TPSA) is 52.6 Å². The van der Waals surface area contributed by atoms with E-state index in [2.05, 4.69) is 11.1 Å². The largest absolute Gasteiger partial charge is 0.379 e. The molecule has 1 unspecified atom stereocenters. The monoisotopic (exact) mass is 256 g/mol. The predicted molar refractivity (Wildman–Crippen MR) is 69.2 cm³/mol. The van der Waals surface area contributed by atoms with Gasteiger partial charge in [0.15, 0.2) is 0 Å². The van der Waals surface area contributed by atoms with Crippen LogP contribution in [0.4, 0.5) is 0 Å². The highest BCUT2D eigenvalue weighted by Crippen LogP contribution is 1.99. The first kappa shape index (κ1) is 21.2. The number of ether oxygens (including phenoxy) is 1. The molecule has 0 aliphatic rings. The van der Waals surface area contributed by atoms with Gasteiger partial charge in [-0.2, -0.15) is 8.42 Å². The van der Waals surface area contributed by atoms with Crippen molar-refractivity contribution in [3.8, 4) is 0 Å². The molecule has 0 aliphatic carbocycles. The van der Waals surface area contributed by atoms with Gasteiger partial charge in [-0.3, -0.25) is 4.18 Å². The van der Waals surface area contributed by atoms with Crippen molar-refractivity contribution >= 4 is 10.1 Å². The van der Waals surface area contributed by atoms with Crippen LogP contribution >= 0.6 is 0 Å². The van der Waals surface area contributed by atoms with E-state index in [1.54, 1.807) is 0 Å². The van der Waals surface area contributed by atoms with Crippen LogP contribution in [0.5, 0.6) is 0 Å². The first-order valence-electron chi connectivity index (χ1n) is 4.91. The molecule has 0 aromatic heterocycles. The Hall–Kier alpha value is -0.130. The second kappa shape index (κ2) is 11.4. The molecule has 102 valence electrons. The van der Waals surface area contributed by atoms with Crippen LogP contribution < -0.4 is 0 Å². The molecule has 0 amide bonds. The van der Waals surface area contributed by atoms with Crippen LogP contribution in [0.25, 0.3) is 0 Å². The summed E-state index contributed by atoms with van der Waals surface area (Å²) in [6.07, 6.45) is 3.89. The number of rotatable bonds is 8. The summed E-state index contributed by atoms with van der Waals surface area (Å²) in [4.78, 5) is 0. The minimum absolute atomic E-state index is 0. The van der Waals surface area contributed by atoms with Crippen LogP contribution in [0.2, 0.25) is 0 Å². The van der Waals surface area contributed by atoms with Crippen molar-refractivity contribution in [2.45, 2.75) is 54.1 Å². The first-order valence-corrected chi connectivity index (χ1v) is 6.73. The van der Waals surface area contributed by atoms with Gasteiger partial charge in [-0.15, -0.1) is 0 Å². The molecule has 0 bridgehead atoms. The Bertz CT molecular complexity index is 224. The van der Waals surface area contributed by atoms with Crippen LogP contribution in [-0.4, -0.2) is 34.0 Å². The van der Waals surface area contributed by atoms with E-state index in [1.165, 1.54) is 0 Å². The molecule has 0 saturated heterocycles. The lowest BCUT2D eigenvalue weighted by Gasteiger charge is -2.09. The van der Waals surface area contributed by atoms with Crippen molar-refractivity contribution in [2.24, 2.45) is 0 Å². The van der Waals surface area contributed by atoms with Crippen molar-refractivity contribution in [3.63, 3.8) is 0 Å². The molecule has 0 rings (SSSR count). The number of unbranched alkanes of at least 4 members (excludes halogenated alkanes) is 1. The summed E-state index contributed by atoms with van der Waals surface area (Å²) in [5.74, 6) is 0. The van der Waals surface area contributed by atoms with Crippen LogP contribution in [0.15, 0.2) is 0 Å². The Morgan fingerprint density at radius 1 is 1.12 bits per heavy atom. The lowest BCUT2D eigenvalue weighted by molar-refractivity contribution is 0.0593. The third-order valence-corrected chi connectivity index (χ3v) is 2.41. The lowest BCUT2D eigenvalue weighted by Crippen LogP contribution is -2.09. The molecule has 0 fully saturated rings. The van der Waals surface area contributed by atoms with Crippen molar-refractivity contribution in [1.82, 2.24) is 0 Å². The van der Waals surface area contributed by atoms with Gasteiger partial charge in [-0.05, 0) is 26.2 Å². The molecule has 0 radical (unpaired) electrons. The average molecular weight is 256 g/mol. The van der Waals surface area contributed by atoms with Gasteiger partial charge in [-0.1, -0.05) is 21.8 Å². The molecule has 0 aliphatic heterocycles.